The van der Waals surface area contributed by atoms with Crippen molar-refractivity contribution in [2.75, 3.05) is 37.5 Å². The summed E-state index contributed by atoms with van der Waals surface area (Å²) >= 11 is 4.04. The van der Waals surface area contributed by atoms with Crippen molar-refractivity contribution in [3.05, 3.63) is 59.9 Å². The van der Waals surface area contributed by atoms with Crippen LogP contribution in [-0.2, 0) is 21.4 Å². The van der Waals surface area contributed by atoms with Gasteiger partial charge in [-0.15, -0.1) is 20.4 Å². The lowest BCUT2D eigenvalue weighted by atomic mass is 10.2. The third-order valence-corrected chi connectivity index (χ3v) is 10.3. The predicted octanol–water partition coefficient (Wildman–Crippen LogP) is 3.54. The fourth-order valence-electron chi connectivity index (χ4n) is 3.60. The minimum atomic E-state index is -3.61. The van der Waals surface area contributed by atoms with Gasteiger partial charge in [-0.3, -0.25) is 19.5 Å². The van der Waals surface area contributed by atoms with Crippen LogP contribution in [0, 0.1) is 0 Å². The number of nitrogens with zero attached hydrogens (tertiary/aromatic N) is 6. The Morgan fingerprint density at radius 3 is 2.35 bits per heavy atom. The number of thioether (sulfide) groups is 2. The van der Waals surface area contributed by atoms with Crippen LogP contribution in [0.5, 0.6) is 5.75 Å². The first-order valence-electron chi connectivity index (χ1n) is 13.0. The van der Waals surface area contributed by atoms with Gasteiger partial charge in [-0.2, -0.15) is 0 Å². The van der Waals surface area contributed by atoms with Crippen molar-refractivity contribution in [2.45, 2.75) is 34.8 Å². The molecule has 0 saturated heterocycles. The van der Waals surface area contributed by atoms with E-state index in [1.54, 1.807) is 16.3 Å². The lowest BCUT2D eigenvalue weighted by Crippen LogP contribution is -2.25. The summed E-state index contributed by atoms with van der Waals surface area (Å²) in [5, 5.41) is 23.0. The minimum absolute atomic E-state index is 0.0200. The molecule has 0 atom stereocenters. The van der Waals surface area contributed by atoms with Crippen LogP contribution in [0.25, 0.3) is 5.69 Å². The van der Waals surface area contributed by atoms with Gasteiger partial charge < -0.3 is 10.1 Å². The summed E-state index contributed by atoms with van der Waals surface area (Å²) in [6.07, 6.45) is 0. The molecule has 13 nitrogen and oxygen atoms in total. The second kappa shape index (κ2) is 14.8. The van der Waals surface area contributed by atoms with E-state index in [0.29, 0.717) is 34.2 Å². The van der Waals surface area contributed by atoms with E-state index in [2.05, 4.69) is 31.0 Å². The van der Waals surface area contributed by atoms with Gasteiger partial charge in [0.2, 0.25) is 21.1 Å². The molecule has 4 rings (SSSR count). The number of carbonyl (C=O) groups excluding carboxylic acids is 2. The molecular formula is C26H30N8O5S4. The standard InChI is InChI=1S/C26H30N8O5S4/c1-5-39-19-11-9-18(10-12-19)34-21(15-27-23(36)17-7-13-20(14-8-17)43(37,38)33(3)4)29-31-25(34)41-16-22(35)28-24-30-32-26(42-24)40-6-2/h7-14H,5-6,15-16H2,1-4H3,(H,27,36)(H,28,30,35). The molecular weight excluding hydrogens is 633 g/mol. The average Bonchev–Trinajstić information content (AvgIpc) is 3.62. The van der Waals surface area contributed by atoms with Crippen molar-refractivity contribution < 1.29 is 22.7 Å². The van der Waals surface area contributed by atoms with Crippen LogP contribution in [-0.4, -0.2) is 81.7 Å². The van der Waals surface area contributed by atoms with Crippen molar-refractivity contribution in [3.8, 4) is 11.4 Å². The van der Waals surface area contributed by atoms with Crippen LogP contribution < -0.4 is 15.4 Å². The molecule has 0 spiro atoms. The number of amides is 2. The number of rotatable bonds is 14. The van der Waals surface area contributed by atoms with Gasteiger partial charge in [0.1, 0.15) is 5.75 Å². The normalized spacial score (nSPS) is 11.5. The maximum atomic E-state index is 12.9. The number of aromatic nitrogens is 5. The van der Waals surface area contributed by atoms with E-state index in [1.807, 2.05) is 38.1 Å². The largest absolute Gasteiger partial charge is 0.494 e. The van der Waals surface area contributed by atoms with Crippen molar-refractivity contribution in [1.29, 1.82) is 0 Å². The van der Waals surface area contributed by atoms with Gasteiger partial charge in [0.25, 0.3) is 5.91 Å². The lowest BCUT2D eigenvalue weighted by molar-refractivity contribution is -0.113. The first-order chi connectivity index (χ1) is 20.6. The van der Waals surface area contributed by atoms with Gasteiger partial charge in [-0.1, -0.05) is 41.8 Å². The van der Waals surface area contributed by atoms with E-state index in [9.17, 15) is 18.0 Å². The average molecular weight is 663 g/mol. The maximum Gasteiger partial charge on any atom is 0.251 e. The molecule has 2 aromatic heterocycles. The highest BCUT2D eigenvalue weighted by Gasteiger charge is 2.20. The minimum Gasteiger partial charge on any atom is -0.494 e. The summed E-state index contributed by atoms with van der Waals surface area (Å²) in [6, 6.07) is 13.0. The highest BCUT2D eigenvalue weighted by Crippen LogP contribution is 2.27. The van der Waals surface area contributed by atoms with Gasteiger partial charge in [0, 0.05) is 25.3 Å². The molecule has 17 heteroatoms. The van der Waals surface area contributed by atoms with Crippen LogP contribution in [0.3, 0.4) is 0 Å². The Balaban J connectivity index is 1.49. The molecule has 0 unspecified atom stereocenters. The van der Waals surface area contributed by atoms with E-state index >= 15 is 0 Å². The number of hydrogen-bond donors (Lipinski definition) is 2. The third-order valence-electron chi connectivity index (χ3n) is 5.66. The Hall–Kier alpha value is -3.51. The van der Waals surface area contributed by atoms with Crippen LogP contribution in [0.15, 0.2) is 62.9 Å². The van der Waals surface area contributed by atoms with E-state index in [1.165, 1.54) is 61.5 Å². The quantitative estimate of drug-likeness (QED) is 0.150. The van der Waals surface area contributed by atoms with Crippen molar-refractivity contribution in [3.63, 3.8) is 0 Å². The maximum absolute atomic E-state index is 12.9. The van der Waals surface area contributed by atoms with Gasteiger partial charge in [-0.05, 0) is 61.2 Å². The second-order valence-corrected chi connectivity index (χ2v) is 14.4. The molecule has 2 N–H and O–H groups in total. The summed E-state index contributed by atoms with van der Waals surface area (Å²) in [7, 11) is -0.731. The Kier molecular flexibility index (Phi) is 11.1. The zero-order valence-corrected chi connectivity index (χ0v) is 27.1. The second-order valence-electron chi connectivity index (χ2n) is 8.80. The third kappa shape index (κ3) is 8.32. The van der Waals surface area contributed by atoms with E-state index in [4.69, 9.17) is 4.74 Å². The van der Waals surface area contributed by atoms with E-state index in [0.717, 1.165) is 14.4 Å². The van der Waals surface area contributed by atoms with Gasteiger partial charge in [0.15, 0.2) is 15.3 Å². The Labute approximate surface area is 261 Å². The molecule has 0 aliphatic carbocycles. The van der Waals surface area contributed by atoms with Crippen molar-refractivity contribution in [2.24, 2.45) is 0 Å². The number of anilines is 1. The van der Waals surface area contributed by atoms with Gasteiger partial charge in [-0.25, -0.2) is 12.7 Å². The van der Waals surface area contributed by atoms with E-state index < -0.39 is 15.9 Å². The van der Waals surface area contributed by atoms with Crippen molar-refractivity contribution in [1.82, 2.24) is 34.6 Å². The lowest BCUT2D eigenvalue weighted by Gasteiger charge is -2.13. The van der Waals surface area contributed by atoms with Crippen LogP contribution >= 0.6 is 34.9 Å². The zero-order chi connectivity index (χ0) is 31.0. The molecule has 0 fully saturated rings. The highest BCUT2D eigenvalue weighted by molar-refractivity contribution is 8.01. The number of carbonyl (C=O) groups is 2. The predicted molar refractivity (Wildman–Crippen MR) is 167 cm³/mol. The molecule has 0 radical (unpaired) electrons. The number of ether oxygens (including phenoxy) is 1. The fourth-order valence-corrected chi connectivity index (χ4v) is 6.94. The molecule has 0 aliphatic heterocycles. The summed E-state index contributed by atoms with van der Waals surface area (Å²) in [5.74, 6) is 1.33. The van der Waals surface area contributed by atoms with Gasteiger partial charge in [0.05, 0.1) is 23.8 Å². The SMILES string of the molecule is CCOc1ccc(-n2c(CNC(=O)c3ccc(S(=O)(=O)N(C)C)cc3)nnc2SCC(=O)Nc2nnc(SCC)s2)cc1. The molecule has 43 heavy (non-hydrogen) atoms. The molecule has 4 aromatic rings. The van der Waals surface area contributed by atoms with Crippen LogP contribution in [0.1, 0.15) is 30.0 Å². The first kappa shape index (κ1) is 32.4. The summed E-state index contributed by atoms with van der Waals surface area (Å²) in [5.41, 5.74) is 0.998. The Morgan fingerprint density at radius 1 is 0.977 bits per heavy atom. The molecule has 2 aromatic carbocycles. The molecule has 2 amide bonds. The van der Waals surface area contributed by atoms with E-state index in [-0.39, 0.29) is 28.7 Å². The van der Waals surface area contributed by atoms with Crippen LogP contribution in [0.2, 0.25) is 0 Å². The van der Waals surface area contributed by atoms with Gasteiger partial charge >= 0.3 is 0 Å². The molecule has 0 aliphatic rings. The van der Waals surface area contributed by atoms with Crippen LogP contribution in [0.4, 0.5) is 5.13 Å². The fraction of sp³-hybridized carbons (Fsp3) is 0.308. The number of sulfonamides is 1. The molecule has 0 bridgehead atoms. The summed E-state index contributed by atoms with van der Waals surface area (Å²) in [6.45, 7) is 4.45. The first-order valence-corrected chi connectivity index (χ1v) is 17.2. The van der Waals surface area contributed by atoms with Crippen molar-refractivity contribution >= 4 is 61.8 Å². The zero-order valence-electron chi connectivity index (χ0n) is 23.8. The Bertz CT molecular complexity index is 1660. The topological polar surface area (TPSA) is 161 Å². The molecule has 0 saturated carbocycles. The summed E-state index contributed by atoms with van der Waals surface area (Å²) < 4.78 is 33.9. The number of hydrogen-bond acceptors (Lipinski definition) is 12. The number of nitrogens with one attached hydrogen (secondary N) is 2. The summed E-state index contributed by atoms with van der Waals surface area (Å²) in [4.78, 5) is 25.6. The number of benzene rings is 2. The molecule has 2 heterocycles. The molecule has 228 valence electrons. The highest BCUT2D eigenvalue weighted by atomic mass is 32.2. The monoisotopic (exact) mass is 662 g/mol. The Morgan fingerprint density at radius 2 is 1.70 bits per heavy atom. The smallest absolute Gasteiger partial charge is 0.251 e.